The van der Waals surface area contributed by atoms with Gasteiger partial charge >= 0.3 is 0 Å². The number of amides is 2. The second-order valence-corrected chi connectivity index (χ2v) is 4.25. The van der Waals surface area contributed by atoms with E-state index in [1.54, 1.807) is 18.3 Å². The third-order valence-corrected chi connectivity index (χ3v) is 2.73. The van der Waals surface area contributed by atoms with Crippen LogP contribution >= 0.6 is 0 Å². The van der Waals surface area contributed by atoms with E-state index in [0.717, 1.165) is 10.9 Å². The van der Waals surface area contributed by atoms with Crippen LogP contribution in [0.5, 0.6) is 0 Å². The summed E-state index contributed by atoms with van der Waals surface area (Å²) in [6.07, 6.45) is 1.65. The Morgan fingerprint density at radius 3 is 2.74 bits per heavy atom. The Bertz CT molecular complexity index is 618. The number of hydrogen-bond donors (Lipinski definition) is 4. The van der Waals surface area contributed by atoms with Crippen molar-refractivity contribution in [2.45, 2.75) is 6.92 Å². The number of carbonyl (C=O) groups is 2. The number of fused-ring (bicyclic) bond motifs is 1. The maximum absolute atomic E-state index is 12.0. The number of carbonyl (C=O) groups excluding carboxylic acids is 2. The van der Waals surface area contributed by atoms with Gasteiger partial charge in [-0.3, -0.25) is 9.59 Å². The van der Waals surface area contributed by atoms with Gasteiger partial charge in [-0.2, -0.15) is 0 Å². The molecule has 1 aromatic carbocycles. The Kier molecular flexibility index (Phi) is 3.70. The molecule has 0 radical (unpaired) electrons. The molecule has 2 rings (SSSR count). The maximum atomic E-state index is 12.0. The number of rotatable bonds is 4. The van der Waals surface area contributed by atoms with Crippen molar-refractivity contribution in [2.24, 2.45) is 0 Å². The number of benzene rings is 1. The fourth-order valence-corrected chi connectivity index (χ4v) is 1.84. The van der Waals surface area contributed by atoms with E-state index in [-0.39, 0.29) is 11.8 Å². The van der Waals surface area contributed by atoms with Gasteiger partial charge in [-0.05, 0) is 18.2 Å². The smallest absolute Gasteiger partial charge is 0.253 e. The standard InChI is InChI=1S/C13H16N4O2/c1-8(18)15-4-5-16-13(19)11-7-17-12-6-9(14)2-3-10(11)12/h2-3,6-7,17H,4-5,14H2,1H3,(H,15,18)(H,16,19). The van der Waals surface area contributed by atoms with Crippen LogP contribution in [0.4, 0.5) is 5.69 Å². The van der Waals surface area contributed by atoms with Gasteiger partial charge in [0.25, 0.3) is 5.91 Å². The highest BCUT2D eigenvalue weighted by Gasteiger charge is 2.11. The molecular weight excluding hydrogens is 244 g/mol. The lowest BCUT2D eigenvalue weighted by molar-refractivity contribution is -0.118. The van der Waals surface area contributed by atoms with E-state index in [0.29, 0.717) is 24.3 Å². The molecule has 0 aliphatic rings. The molecule has 2 aromatic rings. The van der Waals surface area contributed by atoms with E-state index in [2.05, 4.69) is 15.6 Å². The quantitative estimate of drug-likeness (QED) is 0.479. The number of anilines is 1. The van der Waals surface area contributed by atoms with Gasteiger partial charge in [0.2, 0.25) is 5.91 Å². The van der Waals surface area contributed by atoms with Crippen molar-refractivity contribution in [3.63, 3.8) is 0 Å². The highest BCUT2D eigenvalue weighted by molar-refractivity contribution is 6.07. The predicted octanol–water partition coefficient (Wildman–Crippen LogP) is 0.616. The molecule has 100 valence electrons. The summed E-state index contributed by atoms with van der Waals surface area (Å²) in [7, 11) is 0. The number of hydrogen-bond acceptors (Lipinski definition) is 3. The van der Waals surface area contributed by atoms with Gasteiger partial charge in [-0.15, -0.1) is 0 Å². The van der Waals surface area contributed by atoms with E-state index >= 15 is 0 Å². The predicted molar refractivity (Wildman–Crippen MR) is 73.7 cm³/mol. The summed E-state index contributed by atoms with van der Waals surface area (Å²) in [5.41, 5.74) is 7.71. The normalized spacial score (nSPS) is 10.4. The molecule has 0 atom stereocenters. The number of aromatic amines is 1. The number of nitrogen functional groups attached to an aromatic ring is 1. The molecule has 5 N–H and O–H groups in total. The molecule has 0 aliphatic carbocycles. The number of nitrogens with one attached hydrogen (secondary N) is 3. The summed E-state index contributed by atoms with van der Waals surface area (Å²) in [4.78, 5) is 25.7. The molecule has 6 nitrogen and oxygen atoms in total. The molecule has 1 heterocycles. The van der Waals surface area contributed by atoms with Gasteiger partial charge in [-0.1, -0.05) is 0 Å². The van der Waals surface area contributed by atoms with Crippen molar-refractivity contribution in [3.05, 3.63) is 30.0 Å². The van der Waals surface area contributed by atoms with Crippen LogP contribution in [0, 0.1) is 0 Å². The lowest BCUT2D eigenvalue weighted by atomic mass is 10.1. The van der Waals surface area contributed by atoms with Crippen molar-refractivity contribution in [1.82, 2.24) is 15.6 Å². The number of aromatic nitrogens is 1. The van der Waals surface area contributed by atoms with Crippen LogP contribution in [0.2, 0.25) is 0 Å². The van der Waals surface area contributed by atoms with Gasteiger partial charge < -0.3 is 21.4 Å². The van der Waals surface area contributed by atoms with Crippen molar-refractivity contribution in [3.8, 4) is 0 Å². The first-order valence-corrected chi connectivity index (χ1v) is 5.97. The van der Waals surface area contributed by atoms with Crippen molar-refractivity contribution >= 4 is 28.4 Å². The lowest BCUT2D eigenvalue weighted by Crippen LogP contribution is -2.33. The van der Waals surface area contributed by atoms with E-state index in [9.17, 15) is 9.59 Å². The third kappa shape index (κ3) is 3.04. The highest BCUT2D eigenvalue weighted by atomic mass is 16.2. The van der Waals surface area contributed by atoms with Crippen LogP contribution in [0.25, 0.3) is 10.9 Å². The second-order valence-electron chi connectivity index (χ2n) is 4.25. The third-order valence-electron chi connectivity index (χ3n) is 2.73. The van der Waals surface area contributed by atoms with Crippen LogP contribution in [-0.4, -0.2) is 29.9 Å². The van der Waals surface area contributed by atoms with Crippen molar-refractivity contribution < 1.29 is 9.59 Å². The zero-order valence-corrected chi connectivity index (χ0v) is 10.6. The first-order valence-electron chi connectivity index (χ1n) is 5.97. The molecule has 1 aromatic heterocycles. The summed E-state index contributed by atoms with van der Waals surface area (Å²) >= 11 is 0. The average molecular weight is 260 g/mol. The average Bonchev–Trinajstić information content (AvgIpc) is 2.77. The molecular formula is C13H16N4O2. The largest absolute Gasteiger partial charge is 0.399 e. The first kappa shape index (κ1) is 12.9. The van der Waals surface area contributed by atoms with Crippen molar-refractivity contribution in [1.29, 1.82) is 0 Å². The molecule has 0 unspecified atom stereocenters. The van der Waals surface area contributed by atoms with Gasteiger partial charge in [-0.25, -0.2) is 0 Å². The Morgan fingerprint density at radius 2 is 2.00 bits per heavy atom. The fraction of sp³-hybridized carbons (Fsp3) is 0.231. The second kappa shape index (κ2) is 5.43. The Balaban J connectivity index is 2.03. The SMILES string of the molecule is CC(=O)NCCNC(=O)c1c[nH]c2cc(N)ccc12. The Morgan fingerprint density at radius 1 is 1.26 bits per heavy atom. The summed E-state index contributed by atoms with van der Waals surface area (Å²) in [5, 5.41) is 6.18. The summed E-state index contributed by atoms with van der Waals surface area (Å²) in [5.74, 6) is -0.293. The van der Waals surface area contributed by atoms with Crippen LogP contribution in [0.1, 0.15) is 17.3 Å². The number of H-pyrrole nitrogens is 1. The fourth-order valence-electron chi connectivity index (χ4n) is 1.84. The van der Waals surface area contributed by atoms with E-state index in [1.807, 2.05) is 6.07 Å². The molecule has 0 bridgehead atoms. The van der Waals surface area contributed by atoms with Gasteiger partial charge in [0, 0.05) is 42.8 Å². The minimum Gasteiger partial charge on any atom is -0.399 e. The molecule has 0 fully saturated rings. The topological polar surface area (TPSA) is 100 Å². The van der Waals surface area contributed by atoms with Gasteiger partial charge in [0.05, 0.1) is 5.56 Å². The zero-order valence-electron chi connectivity index (χ0n) is 10.6. The molecule has 0 saturated carbocycles. The van der Waals surface area contributed by atoms with Gasteiger partial charge in [0.15, 0.2) is 0 Å². The molecule has 0 aliphatic heterocycles. The van der Waals surface area contributed by atoms with E-state index in [4.69, 9.17) is 5.73 Å². The molecule has 6 heteroatoms. The Hall–Kier alpha value is -2.50. The van der Waals surface area contributed by atoms with Crippen LogP contribution in [0.15, 0.2) is 24.4 Å². The molecule has 2 amide bonds. The lowest BCUT2D eigenvalue weighted by Gasteiger charge is -2.04. The minimum atomic E-state index is -0.179. The zero-order chi connectivity index (χ0) is 13.8. The maximum Gasteiger partial charge on any atom is 0.253 e. The monoisotopic (exact) mass is 260 g/mol. The molecule has 19 heavy (non-hydrogen) atoms. The van der Waals surface area contributed by atoms with Crippen molar-refractivity contribution in [2.75, 3.05) is 18.8 Å². The first-order chi connectivity index (χ1) is 9.08. The molecule has 0 spiro atoms. The molecule has 0 saturated heterocycles. The Labute approximate surface area is 110 Å². The van der Waals surface area contributed by atoms with Gasteiger partial charge in [0.1, 0.15) is 0 Å². The summed E-state index contributed by atoms with van der Waals surface area (Å²) in [6, 6.07) is 5.34. The van der Waals surface area contributed by atoms with Crippen LogP contribution in [-0.2, 0) is 4.79 Å². The van der Waals surface area contributed by atoms with Crippen LogP contribution < -0.4 is 16.4 Å². The summed E-state index contributed by atoms with van der Waals surface area (Å²) in [6.45, 7) is 2.24. The van der Waals surface area contributed by atoms with E-state index in [1.165, 1.54) is 6.92 Å². The highest BCUT2D eigenvalue weighted by Crippen LogP contribution is 2.20. The van der Waals surface area contributed by atoms with Crippen LogP contribution in [0.3, 0.4) is 0 Å². The summed E-state index contributed by atoms with van der Waals surface area (Å²) < 4.78 is 0. The minimum absolute atomic E-state index is 0.114. The number of nitrogens with two attached hydrogens (primary N) is 1. The van der Waals surface area contributed by atoms with E-state index < -0.39 is 0 Å².